The highest BCUT2D eigenvalue weighted by Crippen LogP contribution is 2.31. The fraction of sp³-hybridized carbons (Fsp3) is 0.429. The van der Waals surface area contributed by atoms with Crippen molar-refractivity contribution < 1.29 is 13.0 Å². The number of fused-ring (bicyclic) bond motifs is 1. The van der Waals surface area contributed by atoms with Crippen molar-refractivity contribution in [1.82, 2.24) is 29.2 Å². The monoisotopic (exact) mass is 414 g/mol. The lowest BCUT2D eigenvalue weighted by Gasteiger charge is -2.17. The lowest BCUT2D eigenvalue weighted by Crippen LogP contribution is -2.32. The molecule has 11 nitrogen and oxygen atoms in total. The van der Waals surface area contributed by atoms with Crippen molar-refractivity contribution in [2.75, 3.05) is 18.8 Å². The summed E-state index contributed by atoms with van der Waals surface area (Å²) < 4.78 is 34.0. The molecule has 0 aromatic carbocycles. The number of aryl methyl sites for hydroxylation is 1. The molecule has 0 spiro atoms. The first-order chi connectivity index (χ1) is 12.4. The highest BCUT2D eigenvalue weighted by Gasteiger charge is 2.34. The van der Waals surface area contributed by atoms with E-state index in [4.69, 9.17) is 11.5 Å². The summed E-state index contributed by atoms with van der Waals surface area (Å²) in [6.45, 7) is 2.99. The van der Waals surface area contributed by atoms with E-state index < -0.39 is 10.0 Å². The van der Waals surface area contributed by atoms with Crippen molar-refractivity contribution in [3.63, 3.8) is 0 Å². The average molecular weight is 415 g/mol. The van der Waals surface area contributed by atoms with Crippen LogP contribution in [0.25, 0.3) is 22.6 Å². The van der Waals surface area contributed by atoms with Gasteiger partial charge in [0.1, 0.15) is 10.4 Å². The Kier molecular flexibility index (Phi) is 5.08. The first-order valence-corrected chi connectivity index (χ1v) is 9.55. The lowest BCUT2D eigenvalue weighted by atomic mass is 10.3. The molecule has 0 saturated carbocycles. The Morgan fingerprint density at radius 2 is 2.11 bits per heavy atom. The van der Waals surface area contributed by atoms with Crippen LogP contribution >= 0.6 is 12.4 Å². The van der Waals surface area contributed by atoms with Gasteiger partial charge in [-0.2, -0.15) is 4.31 Å². The third kappa shape index (κ3) is 3.04. The van der Waals surface area contributed by atoms with Crippen molar-refractivity contribution >= 4 is 39.3 Å². The van der Waals surface area contributed by atoms with Gasteiger partial charge in [0.2, 0.25) is 10.0 Å². The van der Waals surface area contributed by atoms with Gasteiger partial charge in [0.25, 0.3) is 0 Å². The molecule has 4 rings (SSSR count). The van der Waals surface area contributed by atoms with E-state index in [0.29, 0.717) is 36.4 Å². The zero-order valence-corrected chi connectivity index (χ0v) is 16.1. The average Bonchev–Trinajstić information content (AvgIpc) is 3.31. The van der Waals surface area contributed by atoms with Crippen LogP contribution in [0.5, 0.6) is 0 Å². The number of imidazole rings is 1. The second kappa shape index (κ2) is 7.03. The van der Waals surface area contributed by atoms with Crippen LogP contribution in [0.4, 0.5) is 5.82 Å². The van der Waals surface area contributed by atoms with Gasteiger partial charge < -0.3 is 16.0 Å². The van der Waals surface area contributed by atoms with Gasteiger partial charge in [-0.3, -0.25) is 4.98 Å². The van der Waals surface area contributed by atoms with Crippen molar-refractivity contribution in [3.05, 3.63) is 12.4 Å². The molecule has 3 aromatic heterocycles. The van der Waals surface area contributed by atoms with Gasteiger partial charge in [0.05, 0.1) is 11.7 Å². The second-order valence-electron chi connectivity index (χ2n) is 6.09. The molecular formula is C14H19ClN8O3S. The molecule has 0 bridgehead atoms. The predicted octanol–water partition coefficient (Wildman–Crippen LogP) is 0.227. The van der Waals surface area contributed by atoms with Crippen LogP contribution in [0.3, 0.4) is 0 Å². The van der Waals surface area contributed by atoms with Gasteiger partial charge in [-0.1, -0.05) is 0 Å². The Bertz CT molecular complexity index is 1080. The Morgan fingerprint density at radius 1 is 1.33 bits per heavy atom. The minimum atomic E-state index is -3.76. The van der Waals surface area contributed by atoms with Gasteiger partial charge in [0, 0.05) is 31.9 Å². The zero-order valence-electron chi connectivity index (χ0n) is 14.4. The van der Waals surface area contributed by atoms with Crippen molar-refractivity contribution in [2.24, 2.45) is 5.73 Å². The van der Waals surface area contributed by atoms with Crippen LogP contribution in [0.2, 0.25) is 0 Å². The number of nitrogens with zero attached hydrogens (tertiary/aromatic N) is 6. The maximum atomic E-state index is 13.1. The molecule has 0 radical (unpaired) electrons. The maximum Gasteiger partial charge on any atom is 0.246 e. The first-order valence-electron chi connectivity index (χ1n) is 8.11. The van der Waals surface area contributed by atoms with Crippen LogP contribution in [0, 0.1) is 0 Å². The molecule has 4 N–H and O–H groups in total. The number of rotatable bonds is 4. The predicted molar refractivity (Wildman–Crippen MR) is 99.5 cm³/mol. The molecule has 1 saturated heterocycles. The van der Waals surface area contributed by atoms with Gasteiger partial charge in [-0.25, -0.2) is 18.0 Å². The summed E-state index contributed by atoms with van der Waals surface area (Å²) in [4.78, 5) is 8.59. The molecule has 1 atom stereocenters. The van der Waals surface area contributed by atoms with E-state index in [0.717, 1.165) is 0 Å². The summed E-state index contributed by atoms with van der Waals surface area (Å²) in [5.41, 5.74) is 12.8. The van der Waals surface area contributed by atoms with Crippen molar-refractivity contribution in [1.29, 1.82) is 0 Å². The summed E-state index contributed by atoms with van der Waals surface area (Å²) in [6, 6.07) is -0.162. The lowest BCUT2D eigenvalue weighted by molar-refractivity contribution is 0.310. The molecule has 1 fully saturated rings. The fourth-order valence-electron chi connectivity index (χ4n) is 3.20. The molecule has 146 valence electrons. The van der Waals surface area contributed by atoms with Crippen molar-refractivity contribution in [2.45, 2.75) is 30.8 Å². The minimum Gasteiger partial charge on any atom is -0.379 e. The molecule has 13 heteroatoms. The molecule has 0 unspecified atom stereocenters. The minimum absolute atomic E-state index is 0. The summed E-state index contributed by atoms with van der Waals surface area (Å²) in [6.07, 6.45) is 3.47. The number of halogens is 1. The number of hydrogen-bond acceptors (Lipinski definition) is 9. The summed E-state index contributed by atoms with van der Waals surface area (Å²) in [7, 11) is -3.76. The van der Waals surface area contributed by atoms with Crippen LogP contribution < -0.4 is 11.5 Å². The van der Waals surface area contributed by atoms with E-state index in [1.807, 2.05) is 6.92 Å². The van der Waals surface area contributed by atoms with E-state index in [-0.39, 0.29) is 41.4 Å². The molecule has 1 aliphatic heterocycles. The van der Waals surface area contributed by atoms with Crippen LogP contribution in [0.15, 0.2) is 21.9 Å². The largest absolute Gasteiger partial charge is 0.379 e. The molecule has 0 amide bonds. The highest BCUT2D eigenvalue weighted by molar-refractivity contribution is 7.89. The third-order valence-electron chi connectivity index (χ3n) is 4.46. The number of sulfonamides is 1. The Balaban J connectivity index is 0.00000210. The normalized spacial score (nSPS) is 18.1. The smallest absolute Gasteiger partial charge is 0.246 e. The third-order valence-corrected chi connectivity index (χ3v) is 6.33. The number of nitrogens with two attached hydrogens (primary N) is 2. The molecule has 27 heavy (non-hydrogen) atoms. The van der Waals surface area contributed by atoms with Gasteiger partial charge in [-0.05, 0) is 23.7 Å². The molecule has 1 aliphatic rings. The van der Waals surface area contributed by atoms with E-state index in [1.54, 1.807) is 4.57 Å². The Hall–Kier alpha value is -2.28. The van der Waals surface area contributed by atoms with Gasteiger partial charge in [0.15, 0.2) is 17.3 Å². The summed E-state index contributed by atoms with van der Waals surface area (Å²) in [5.74, 6) is 0.460. The standard InChI is InChI=1S/C14H18N8O3S.ClH/c1-2-22-12-9(18-14(22)11-13(16)20-25-19-11)5-17-6-10(12)26(23,24)21-4-3-8(15)7-21;/h5-6,8H,2-4,7,15H2,1H3,(H2,16,20);1H/t8-;/m0./s1. The van der Waals surface area contributed by atoms with Crippen LogP contribution in [-0.2, 0) is 16.6 Å². The van der Waals surface area contributed by atoms with E-state index in [9.17, 15) is 8.42 Å². The summed E-state index contributed by atoms with van der Waals surface area (Å²) in [5, 5.41) is 7.34. The fourth-order valence-corrected chi connectivity index (χ4v) is 4.86. The molecular weight excluding hydrogens is 396 g/mol. The topological polar surface area (TPSA) is 159 Å². The molecule has 0 aliphatic carbocycles. The number of aromatic nitrogens is 5. The van der Waals surface area contributed by atoms with Crippen LogP contribution in [-0.4, -0.2) is 56.7 Å². The van der Waals surface area contributed by atoms with Crippen LogP contribution in [0.1, 0.15) is 13.3 Å². The number of anilines is 1. The first kappa shape index (κ1) is 19.5. The Morgan fingerprint density at radius 3 is 2.70 bits per heavy atom. The van der Waals surface area contributed by atoms with E-state index in [2.05, 4.69) is 24.9 Å². The number of nitrogen functional groups attached to an aromatic ring is 1. The van der Waals surface area contributed by atoms with Gasteiger partial charge in [-0.15, -0.1) is 12.4 Å². The quantitative estimate of drug-likeness (QED) is 0.608. The van der Waals surface area contributed by atoms with E-state index >= 15 is 0 Å². The maximum absolute atomic E-state index is 13.1. The Labute approximate surface area is 161 Å². The number of pyridine rings is 1. The number of hydrogen-bond donors (Lipinski definition) is 2. The van der Waals surface area contributed by atoms with E-state index in [1.165, 1.54) is 16.7 Å². The molecule has 4 heterocycles. The SMILES string of the molecule is CCn1c(-c2nonc2N)nc2cncc(S(=O)(=O)N3CC[C@H](N)C3)c21.Cl. The van der Waals surface area contributed by atoms with Crippen molar-refractivity contribution in [3.8, 4) is 11.5 Å². The summed E-state index contributed by atoms with van der Waals surface area (Å²) >= 11 is 0. The highest BCUT2D eigenvalue weighted by atomic mass is 35.5. The second-order valence-corrected chi connectivity index (χ2v) is 8.00. The zero-order chi connectivity index (χ0) is 18.5. The van der Waals surface area contributed by atoms with Gasteiger partial charge >= 0.3 is 0 Å². The molecule has 3 aromatic rings.